The number of hydrogen-bond donors (Lipinski definition) is 1. The van der Waals surface area contributed by atoms with Gasteiger partial charge in [-0.3, -0.25) is 9.59 Å². The van der Waals surface area contributed by atoms with Gasteiger partial charge in [-0.15, -0.1) is 0 Å². The minimum absolute atomic E-state index is 0.0126. The maximum Gasteiger partial charge on any atom is 0.253 e. The fourth-order valence-corrected chi connectivity index (χ4v) is 3.90. The van der Waals surface area contributed by atoms with Gasteiger partial charge in [0.2, 0.25) is 11.8 Å². The van der Waals surface area contributed by atoms with Gasteiger partial charge in [0.25, 0.3) is 5.91 Å². The molecule has 2 amide bonds. The second kappa shape index (κ2) is 7.11. The van der Waals surface area contributed by atoms with Crippen LogP contribution in [-0.2, 0) is 4.79 Å². The predicted molar refractivity (Wildman–Crippen MR) is 113 cm³/mol. The van der Waals surface area contributed by atoms with Crippen molar-refractivity contribution in [2.75, 3.05) is 26.2 Å². The van der Waals surface area contributed by atoms with Crippen LogP contribution in [0.4, 0.5) is 0 Å². The number of hydrogen-bond acceptors (Lipinski definition) is 5. The van der Waals surface area contributed by atoms with Gasteiger partial charge < -0.3 is 20.0 Å². The zero-order chi connectivity index (χ0) is 20.9. The average molecular weight is 425 g/mol. The third kappa shape index (κ3) is 3.44. The summed E-state index contributed by atoms with van der Waals surface area (Å²) in [6, 6.07) is 12.5. The van der Waals surface area contributed by atoms with Crippen LogP contribution in [0.5, 0.6) is 0 Å². The molecule has 1 aromatic heterocycles. The molecule has 0 unspecified atom stereocenters. The third-order valence-corrected chi connectivity index (χ3v) is 6.03. The first-order chi connectivity index (χ1) is 14.4. The molecular weight excluding hydrogens is 404 g/mol. The van der Waals surface area contributed by atoms with Crippen molar-refractivity contribution in [2.45, 2.75) is 18.4 Å². The van der Waals surface area contributed by atoms with Crippen LogP contribution in [0.1, 0.15) is 23.2 Å². The standard InChI is InChI=1S/C22H21ClN4O3/c23-16-5-6-17-18(13-16)30-19(25-17)14-1-3-15(4-2-14)20(28)26-9-11-27(12-10-26)21(29)22(24)7-8-22/h1-6,13H,7-12,24H2. The van der Waals surface area contributed by atoms with Crippen LogP contribution in [-0.4, -0.2) is 58.3 Å². The number of halogens is 1. The van der Waals surface area contributed by atoms with Crippen molar-refractivity contribution in [3.63, 3.8) is 0 Å². The number of rotatable bonds is 3. The molecule has 0 radical (unpaired) electrons. The number of fused-ring (bicyclic) bond motifs is 1. The Labute approximate surface area is 178 Å². The molecule has 8 heteroatoms. The molecule has 5 rings (SSSR count). The topological polar surface area (TPSA) is 92.7 Å². The van der Waals surface area contributed by atoms with Gasteiger partial charge in [0.15, 0.2) is 5.58 Å². The number of carbonyl (C=O) groups is 2. The number of carbonyl (C=O) groups excluding carboxylic acids is 2. The van der Waals surface area contributed by atoms with Crippen LogP contribution in [0, 0.1) is 0 Å². The van der Waals surface area contributed by atoms with E-state index in [9.17, 15) is 9.59 Å². The van der Waals surface area contributed by atoms with E-state index < -0.39 is 5.54 Å². The van der Waals surface area contributed by atoms with Gasteiger partial charge in [0.1, 0.15) is 5.52 Å². The molecule has 1 aliphatic heterocycles. The molecule has 7 nitrogen and oxygen atoms in total. The van der Waals surface area contributed by atoms with Gasteiger partial charge in [-0.05, 0) is 49.2 Å². The van der Waals surface area contributed by atoms with Crippen LogP contribution in [0.3, 0.4) is 0 Å². The highest BCUT2D eigenvalue weighted by Crippen LogP contribution is 2.34. The molecule has 2 heterocycles. The van der Waals surface area contributed by atoms with E-state index >= 15 is 0 Å². The summed E-state index contributed by atoms with van der Waals surface area (Å²) in [5.74, 6) is 0.444. The molecule has 2 fully saturated rings. The van der Waals surface area contributed by atoms with Crippen LogP contribution >= 0.6 is 11.6 Å². The lowest BCUT2D eigenvalue weighted by molar-refractivity contribution is -0.135. The first-order valence-corrected chi connectivity index (χ1v) is 10.3. The number of nitrogens with zero attached hydrogens (tertiary/aromatic N) is 3. The van der Waals surface area contributed by atoms with Gasteiger partial charge in [-0.2, -0.15) is 0 Å². The molecule has 3 aromatic rings. The number of piperazine rings is 1. The summed E-state index contributed by atoms with van der Waals surface area (Å²) in [6.45, 7) is 2.06. The van der Waals surface area contributed by atoms with Gasteiger partial charge in [0, 0.05) is 48.4 Å². The van der Waals surface area contributed by atoms with E-state index in [0.29, 0.717) is 48.2 Å². The highest BCUT2D eigenvalue weighted by Gasteiger charge is 2.48. The Kier molecular flexibility index (Phi) is 4.52. The molecular formula is C22H21ClN4O3. The molecule has 0 spiro atoms. The van der Waals surface area contributed by atoms with Crippen molar-refractivity contribution in [1.29, 1.82) is 0 Å². The molecule has 0 atom stereocenters. The van der Waals surface area contributed by atoms with Crippen LogP contribution in [0.15, 0.2) is 46.9 Å². The highest BCUT2D eigenvalue weighted by molar-refractivity contribution is 6.31. The Balaban J connectivity index is 1.26. The number of benzene rings is 2. The Bertz CT molecular complexity index is 1130. The van der Waals surface area contributed by atoms with E-state index in [-0.39, 0.29) is 11.8 Å². The normalized spacial score (nSPS) is 17.9. The Morgan fingerprint density at radius 1 is 1.00 bits per heavy atom. The molecule has 0 bridgehead atoms. The molecule has 2 aromatic carbocycles. The molecule has 2 aliphatic rings. The van der Waals surface area contributed by atoms with Crippen molar-refractivity contribution in [1.82, 2.24) is 14.8 Å². The quantitative estimate of drug-likeness (QED) is 0.697. The van der Waals surface area contributed by atoms with E-state index in [1.807, 2.05) is 18.2 Å². The number of amides is 2. The first kappa shape index (κ1) is 19.1. The third-order valence-electron chi connectivity index (χ3n) is 5.80. The lowest BCUT2D eigenvalue weighted by Crippen LogP contribution is -2.55. The van der Waals surface area contributed by atoms with E-state index in [1.165, 1.54) is 0 Å². The van der Waals surface area contributed by atoms with E-state index in [1.54, 1.807) is 34.1 Å². The minimum Gasteiger partial charge on any atom is -0.436 e. The molecule has 154 valence electrons. The van der Waals surface area contributed by atoms with Crippen molar-refractivity contribution in [3.8, 4) is 11.5 Å². The van der Waals surface area contributed by atoms with Crippen molar-refractivity contribution in [2.24, 2.45) is 5.73 Å². The second-order valence-electron chi connectivity index (χ2n) is 7.95. The summed E-state index contributed by atoms with van der Waals surface area (Å²) < 4.78 is 5.78. The largest absolute Gasteiger partial charge is 0.436 e. The predicted octanol–water partition coefficient (Wildman–Crippen LogP) is 2.92. The molecule has 1 aliphatic carbocycles. The van der Waals surface area contributed by atoms with E-state index in [4.69, 9.17) is 21.8 Å². The van der Waals surface area contributed by atoms with Crippen molar-refractivity contribution < 1.29 is 14.0 Å². The minimum atomic E-state index is -0.655. The van der Waals surface area contributed by atoms with Gasteiger partial charge in [-0.25, -0.2) is 4.98 Å². The van der Waals surface area contributed by atoms with E-state index in [0.717, 1.165) is 23.9 Å². The van der Waals surface area contributed by atoms with Gasteiger partial charge in [0.05, 0.1) is 5.54 Å². The zero-order valence-corrected chi connectivity index (χ0v) is 17.1. The summed E-state index contributed by atoms with van der Waals surface area (Å²) in [4.78, 5) is 33.2. The monoisotopic (exact) mass is 424 g/mol. The van der Waals surface area contributed by atoms with Crippen molar-refractivity contribution in [3.05, 3.63) is 53.1 Å². The Morgan fingerprint density at radius 2 is 1.67 bits per heavy atom. The lowest BCUT2D eigenvalue weighted by Gasteiger charge is -2.36. The first-order valence-electron chi connectivity index (χ1n) is 9.97. The molecule has 2 N–H and O–H groups in total. The summed E-state index contributed by atoms with van der Waals surface area (Å²) in [5, 5.41) is 0.590. The van der Waals surface area contributed by atoms with Crippen molar-refractivity contribution >= 4 is 34.5 Å². The molecule has 30 heavy (non-hydrogen) atoms. The second-order valence-corrected chi connectivity index (χ2v) is 8.39. The average Bonchev–Trinajstić information content (AvgIpc) is 3.38. The number of nitrogens with two attached hydrogens (primary N) is 1. The Hall–Kier alpha value is -2.90. The summed E-state index contributed by atoms with van der Waals surface area (Å²) in [6.07, 6.45) is 1.51. The highest BCUT2D eigenvalue weighted by atomic mass is 35.5. The van der Waals surface area contributed by atoms with E-state index in [2.05, 4.69) is 4.98 Å². The molecule has 1 saturated carbocycles. The van der Waals surface area contributed by atoms with Crippen LogP contribution in [0.2, 0.25) is 5.02 Å². The summed E-state index contributed by atoms with van der Waals surface area (Å²) in [7, 11) is 0. The van der Waals surface area contributed by atoms with Crippen LogP contribution in [0.25, 0.3) is 22.6 Å². The SMILES string of the molecule is NC1(C(=O)N2CCN(C(=O)c3ccc(-c4nc5ccc(Cl)cc5o4)cc3)CC2)CC1. The fourth-order valence-electron chi connectivity index (χ4n) is 3.74. The number of oxazole rings is 1. The number of aromatic nitrogens is 1. The summed E-state index contributed by atoms with van der Waals surface area (Å²) >= 11 is 6.00. The molecule has 1 saturated heterocycles. The smallest absolute Gasteiger partial charge is 0.253 e. The van der Waals surface area contributed by atoms with Gasteiger partial charge in [-0.1, -0.05) is 11.6 Å². The zero-order valence-electron chi connectivity index (χ0n) is 16.3. The lowest BCUT2D eigenvalue weighted by atomic mass is 10.1. The maximum atomic E-state index is 12.9. The maximum absolute atomic E-state index is 12.9. The van der Waals surface area contributed by atoms with Gasteiger partial charge >= 0.3 is 0 Å². The van der Waals surface area contributed by atoms with Crippen LogP contribution < -0.4 is 5.73 Å². The fraction of sp³-hybridized carbons (Fsp3) is 0.318. The summed E-state index contributed by atoms with van der Waals surface area (Å²) in [5.41, 5.74) is 8.08. The Morgan fingerprint density at radius 3 is 2.33 bits per heavy atom.